The first-order valence-corrected chi connectivity index (χ1v) is 7.16. The molecule has 2 aromatic rings. The summed E-state index contributed by atoms with van der Waals surface area (Å²) in [6.07, 6.45) is 5.38. The highest BCUT2D eigenvalue weighted by atomic mass is 16.3. The predicted molar refractivity (Wildman–Crippen MR) is 82.9 cm³/mol. The molecule has 0 unspecified atom stereocenters. The van der Waals surface area contributed by atoms with Crippen LogP contribution in [0.5, 0.6) is 0 Å². The minimum atomic E-state index is -0.230. The van der Waals surface area contributed by atoms with Gasteiger partial charge in [0.2, 0.25) is 0 Å². The summed E-state index contributed by atoms with van der Waals surface area (Å²) in [5.74, 6) is 0.392. The molecule has 20 heavy (non-hydrogen) atoms. The Hall–Kier alpha value is -1.86. The van der Waals surface area contributed by atoms with Crippen molar-refractivity contribution in [2.45, 2.75) is 24.7 Å². The summed E-state index contributed by atoms with van der Waals surface area (Å²) in [6.45, 7) is 2.26. The fourth-order valence-corrected chi connectivity index (χ4v) is 3.14. The molecular weight excluding hydrogens is 244 g/mol. The fraction of sp³-hybridized carbons (Fsp3) is 0.263. The molecule has 102 valence electrons. The third kappa shape index (κ3) is 2.30. The SMILES string of the molecule is Cc1cccc([C@@]2(CO)C=C[C@H](c3ccccc3)C2)c1. The lowest BCUT2D eigenvalue weighted by Crippen LogP contribution is -2.26. The zero-order valence-electron chi connectivity index (χ0n) is 11.8. The van der Waals surface area contributed by atoms with Crippen LogP contribution in [0.25, 0.3) is 0 Å². The molecule has 1 aliphatic carbocycles. The molecule has 0 aromatic heterocycles. The molecule has 1 N–H and O–H groups in total. The Morgan fingerprint density at radius 1 is 1.10 bits per heavy atom. The molecular formula is C19H20O. The Kier molecular flexibility index (Phi) is 3.45. The summed E-state index contributed by atoms with van der Waals surface area (Å²) >= 11 is 0. The Morgan fingerprint density at radius 2 is 1.90 bits per heavy atom. The van der Waals surface area contributed by atoms with E-state index in [9.17, 15) is 5.11 Å². The van der Waals surface area contributed by atoms with Crippen LogP contribution in [-0.4, -0.2) is 11.7 Å². The summed E-state index contributed by atoms with van der Waals surface area (Å²) in [6, 6.07) is 19.0. The van der Waals surface area contributed by atoms with Crippen LogP contribution in [0.15, 0.2) is 66.7 Å². The Morgan fingerprint density at radius 3 is 2.60 bits per heavy atom. The summed E-state index contributed by atoms with van der Waals surface area (Å²) in [4.78, 5) is 0. The number of aliphatic hydroxyl groups excluding tert-OH is 1. The van der Waals surface area contributed by atoms with Crippen LogP contribution in [0, 0.1) is 6.92 Å². The number of aliphatic hydroxyl groups is 1. The van der Waals surface area contributed by atoms with Gasteiger partial charge in [-0.25, -0.2) is 0 Å². The minimum absolute atomic E-state index is 0.163. The molecule has 0 radical (unpaired) electrons. The molecule has 2 aromatic carbocycles. The lowest BCUT2D eigenvalue weighted by molar-refractivity contribution is 0.220. The molecule has 1 nitrogen and oxygen atoms in total. The second-order valence-corrected chi connectivity index (χ2v) is 5.76. The molecule has 0 saturated carbocycles. The monoisotopic (exact) mass is 264 g/mol. The first-order chi connectivity index (χ1) is 9.73. The predicted octanol–water partition coefficient (Wildman–Crippen LogP) is 3.97. The highest BCUT2D eigenvalue weighted by molar-refractivity contribution is 5.40. The van der Waals surface area contributed by atoms with E-state index in [1.165, 1.54) is 16.7 Å². The molecule has 0 spiro atoms. The lowest BCUT2D eigenvalue weighted by atomic mass is 9.78. The van der Waals surface area contributed by atoms with Gasteiger partial charge in [0.05, 0.1) is 6.61 Å². The molecule has 0 amide bonds. The first kappa shape index (κ1) is 13.1. The summed E-state index contributed by atoms with van der Waals surface area (Å²) in [5, 5.41) is 9.97. The number of benzene rings is 2. The van der Waals surface area contributed by atoms with Crippen LogP contribution in [0.1, 0.15) is 29.0 Å². The van der Waals surface area contributed by atoms with E-state index in [-0.39, 0.29) is 12.0 Å². The normalized spacial score (nSPS) is 25.0. The molecule has 1 aliphatic rings. The largest absolute Gasteiger partial charge is 0.395 e. The van der Waals surface area contributed by atoms with Gasteiger partial charge in [-0.05, 0) is 24.5 Å². The molecule has 3 rings (SSSR count). The molecule has 0 aliphatic heterocycles. The van der Waals surface area contributed by atoms with E-state index in [0.29, 0.717) is 5.92 Å². The summed E-state index contributed by atoms with van der Waals surface area (Å²) in [5.41, 5.74) is 3.56. The third-order valence-corrected chi connectivity index (χ3v) is 4.33. The van der Waals surface area contributed by atoms with Crippen molar-refractivity contribution >= 4 is 0 Å². The fourth-order valence-electron chi connectivity index (χ4n) is 3.14. The second kappa shape index (κ2) is 5.26. The van der Waals surface area contributed by atoms with Gasteiger partial charge in [0.25, 0.3) is 0 Å². The maximum absolute atomic E-state index is 9.97. The molecule has 1 heteroatoms. The van der Waals surface area contributed by atoms with Crippen LogP contribution >= 0.6 is 0 Å². The quantitative estimate of drug-likeness (QED) is 0.832. The van der Waals surface area contributed by atoms with Crippen molar-refractivity contribution in [2.75, 3.05) is 6.61 Å². The number of allylic oxidation sites excluding steroid dienone is 1. The van der Waals surface area contributed by atoms with E-state index in [0.717, 1.165) is 6.42 Å². The van der Waals surface area contributed by atoms with E-state index >= 15 is 0 Å². The van der Waals surface area contributed by atoms with Crippen molar-refractivity contribution in [1.29, 1.82) is 0 Å². The van der Waals surface area contributed by atoms with Crippen molar-refractivity contribution < 1.29 is 5.11 Å². The van der Waals surface area contributed by atoms with Crippen molar-refractivity contribution in [3.63, 3.8) is 0 Å². The topological polar surface area (TPSA) is 20.2 Å². The maximum Gasteiger partial charge on any atom is 0.0563 e. The van der Waals surface area contributed by atoms with E-state index in [1.54, 1.807) is 0 Å². The van der Waals surface area contributed by atoms with Crippen molar-refractivity contribution in [3.8, 4) is 0 Å². The average molecular weight is 264 g/mol. The Labute approximate surface area is 120 Å². The van der Waals surface area contributed by atoms with Crippen LogP contribution in [0.2, 0.25) is 0 Å². The maximum atomic E-state index is 9.97. The van der Waals surface area contributed by atoms with Crippen LogP contribution in [0.3, 0.4) is 0 Å². The number of hydrogen-bond acceptors (Lipinski definition) is 1. The summed E-state index contributed by atoms with van der Waals surface area (Å²) < 4.78 is 0. The van der Waals surface area contributed by atoms with Crippen LogP contribution in [-0.2, 0) is 5.41 Å². The van der Waals surface area contributed by atoms with Crippen molar-refractivity contribution in [3.05, 3.63) is 83.4 Å². The molecule has 2 atom stereocenters. The van der Waals surface area contributed by atoms with Gasteiger partial charge >= 0.3 is 0 Å². The van der Waals surface area contributed by atoms with Gasteiger partial charge in [-0.1, -0.05) is 72.3 Å². The van der Waals surface area contributed by atoms with E-state index in [1.807, 2.05) is 6.07 Å². The number of aryl methyl sites for hydroxylation is 1. The Balaban J connectivity index is 1.92. The van der Waals surface area contributed by atoms with Gasteiger partial charge in [-0.3, -0.25) is 0 Å². The first-order valence-electron chi connectivity index (χ1n) is 7.16. The number of hydrogen-bond donors (Lipinski definition) is 1. The Bertz CT molecular complexity index is 615. The van der Waals surface area contributed by atoms with Gasteiger partial charge in [-0.2, -0.15) is 0 Å². The van der Waals surface area contributed by atoms with Crippen molar-refractivity contribution in [1.82, 2.24) is 0 Å². The molecule has 0 bridgehead atoms. The van der Waals surface area contributed by atoms with Gasteiger partial charge in [0.15, 0.2) is 0 Å². The van der Waals surface area contributed by atoms with Crippen molar-refractivity contribution in [2.24, 2.45) is 0 Å². The van der Waals surface area contributed by atoms with Crippen LogP contribution in [0.4, 0.5) is 0 Å². The van der Waals surface area contributed by atoms with Crippen LogP contribution < -0.4 is 0 Å². The van der Waals surface area contributed by atoms with E-state index in [2.05, 4.69) is 67.6 Å². The van der Waals surface area contributed by atoms with Gasteiger partial charge < -0.3 is 5.11 Å². The van der Waals surface area contributed by atoms with E-state index in [4.69, 9.17) is 0 Å². The van der Waals surface area contributed by atoms with Gasteiger partial charge in [0, 0.05) is 11.3 Å². The molecule has 0 fully saturated rings. The summed E-state index contributed by atoms with van der Waals surface area (Å²) in [7, 11) is 0. The lowest BCUT2D eigenvalue weighted by Gasteiger charge is -2.27. The third-order valence-electron chi connectivity index (χ3n) is 4.33. The standard InChI is InChI=1S/C19H20O/c1-15-6-5-9-18(12-15)19(14-20)11-10-17(13-19)16-7-3-2-4-8-16/h2-12,17,20H,13-14H2,1H3/t17-,19-/m0/s1. The zero-order chi connectivity index (χ0) is 14.0. The molecule has 0 heterocycles. The van der Waals surface area contributed by atoms with Gasteiger partial charge in [0.1, 0.15) is 0 Å². The highest BCUT2D eigenvalue weighted by Crippen LogP contribution is 2.43. The smallest absolute Gasteiger partial charge is 0.0563 e. The number of rotatable bonds is 3. The van der Waals surface area contributed by atoms with E-state index < -0.39 is 0 Å². The minimum Gasteiger partial charge on any atom is -0.395 e. The average Bonchev–Trinajstić information content (AvgIpc) is 2.94. The highest BCUT2D eigenvalue weighted by Gasteiger charge is 2.36. The van der Waals surface area contributed by atoms with Gasteiger partial charge in [-0.15, -0.1) is 0 Å². The second-order valence-electron chi connectivity index (χ2n) is 5.76. The zero-order valence-corrected chi connectivity index (χ0v) is 11.8. The molecule has 0 saturated heterocycles.